The van der Waals surface area contributed by atoms with E-state index in [1.54, 1.807) is 0 Å². The molecule has 0 bridgehead atoms. The fraction of sp³-hybridized carbons (Fsp3) is 0.824. The summed E-state index contributed by atoms with van der Waals surface area (Å²) < 4.78 is 0. The van der Waals surface area contributed by atoms with Crippen molar-refractivity contribution in [2.75, 3.05) is 0 Å². The summed E-state index contributed by atoms with van der Waals surface area (Å²) >= 11 is 1.89. The normalized spacial score (nSPS) is 20.0. The third-order valence-electron chi connectivity index (χ3n) is 4.37. The highest BCUT2D eigenvalue weighted by atomic mass is 32.1. The van der Waals surface area contributed by atoms with Crippen LogP contribution < -0.4 is 5.73 Å². The first-order valence-electron chi connectivity index (χ1n) is 8.42. The summed E-state index contributed by atoms with van der Waals surface area (Å²) in [5, 5.41) is 1.17. The maximum absolute atomic E-state index is 6.29. The molecule has 0 saturated carbocycles. The van der Waals surface area contributed by atoms with Crippen molar-refractivity contribution in [2.24, 2.45) is 11.7 Å². The molecule has 114 valence electrons. The Hall–Kier alpha value is -0.410. The van der Waals surface area contributed by atoms with Crippen molar-refractivity contribution >= 4 is 11.3 Å². The highest BCUT2D eigenvalue weighted by Gasteiger charge is 2.18. The smallest absolute Gasteiger partial charge is 0.110 e. The molecule has 2 rings (SSSR count). The van der Waals surface area contributed by atoms with Crippen LogP contribution in [-0.2, 0) is 12.8 Å². The first-order valence-corrected chi connectivity index (χ1v) is 9.24. The first kappa shape index (κ1) is 16.0. The van der Waals surface area contributed by atoms with Gasteiger partial charge >= 0.3 is 0 Å². The van der Waals surface area contributed by atoms with Gasteiger partial charge in [-0.1, -0.05) is 52.4 Å². The predicted molar refractivity (Wildman–Crippen MR) is 88.2 cm³/mol. The van der Waals surface area contributed by atoms with E-state index in [1.165, 1.54) is 73.4 Å². The molecule has 1 unspecified atom stereocenters. The van der Waals surface area contributed by atoms with Gasteiger partial charge in [0, 0.05) is 4.88 Å². The van der Waals surface area contributed by atoms with Crippen molar-refractivity contribution in [1.82, 2.24) is 4.98 Å². The first-order chi connectivity index (χ1) is 9.68. The minimum atomic E-state index is 0.114. The molecule has 1 aromatic rings. The van der Waals surface area contributed by atoms with Crippen molar-refractivity contribution < 1.29 is 0 Å². The number of fused-ring (bicyclic) bond motifs is 1. The minimum Gasteiger partial charge on any atom is -0.322 e. The number of thiazole rings is 1. The van der Waals surface area contributed by atoms with E-state index >= 15 is 0 Å². The van der Waals surface area contributed by atoms with Crippen LogP contribution in [0.5, 0.6) is 0 Å². The number of rotatable bonds is 2. The molecule has 0 aliphatic heterocycles. The molecule has 0 fully saturated rings. The third-order valence-corrected chi connectivity index (χ3v) is 5.62. The second kappa shape index (κ2) is 8.14. The maximum atomic E-state index is 6.29. The van der Waals surface area contributed by atoms with Gasteiger partial charge in [-0.3, -0.25) is 0 Å². The molecule has 1 atom stereocenters. The monoisotopic (exact) mass is 294 g/mol. The number of aromatic nitrogens is 1. The Morgan fingerprint density at radius 2 is 1.45 bits per heavy atom. The van der Waals surface area contributed by atoms with Gasteiger partial charge in [0.1, 0.15) is 5.01 Å². The molecule has 1 heterocycles. The van der Waals surface area contributed by atoms with Crippen LogP contribution in [0.4, 0.5) is 0 Å². The molecule has 0 radical (unpaired) electrons. The van der Waals surface area contributed by atoms with Gasteiger partial charge in [0.25, 0.3) is 0 Å². The van der Waals surface area contributed by atoms with Gasteiger partial charge in [0.2, 0.25) is 0 Å². The van der Waals surface area contributed by atoms with Crippen LogP contribution in [0.1, 0.15) is 86.8 Å². The van der Waals surface area contributed by atoms with Gasteiger partial charge in [0.15, 0.2) is 0 Å². The van der Waals surface area contributed by atoms with E-state index in [0.717, 1.165) is 6.42 Å². The van der Waals surface area contributed by atoms with E-state index in [2.05, 4.69) is 13.8 Å². The summed E-state index contributed by atoms with van der Waals surface area (Å²) in [5.74, 6) is 0.476. The topological polar surface area (TPSA) is 38.9 Å². The van der Waals surface area contributed by atoms with Crippen LogP contribution in [-0.4, -0.2) is 4.98 Å². The van der Waals surface area contributed by atoms with Crippen LogP contribution in [0, 0.1) is 5.92 Å². The zero-order valence-corrected chi connectivity index (χ0v) is 14.0. The zero-order chi connectivity index (χ0) is 14.4. The molecule has 2 N–H and O–H groups in total. The van der Waals surface area contributed by atoms with Crippen molar-refractivity contribution in [2.45, 2.75) is 84.1 Å². The van der Waals surface area contributed by atoms with Crippen molar-refractivity contribution in [3.05, 3.63) is 15.6 Å². The maximum Gasteiger partial charge on any atom is 0.110 e. The van der Waals surface area contributed by atoms with Crippen molar-refractivity contribution in [1.29, 1.82) is 0 Å². The Kier molecular flexibility index (Phi) is 6.50. The van der Waals surface area contributed by atoms with Gasteiger partial charge < -0.3 is 5.73 Å². The quantitative estimate of drug-likeness (QED) is 0.832. The lowest BCUT2D eigenvalue weighted by Gasteiger charge is -2.11. The third kappa shape index (κ3) is 4.56. The average Bonchev–Trinajstić information content (AvgIpc) is 2.81. The summed E-state index contributed by atoms with van der Waals surface area (Å²) in [6.45, 7) is 4.38. The zero-order valence-electron chi connectivity index (χ0n) is 13.2. The summed E-state index contributed by atoms with van der Waals surface area (Å²) in [4.78, 5) is 6.42. The van der Waals surface area contributed by atoms with Gasteiger partial charge in [-0.05, 0) is 31.6 Å². The van der Waals surface area contributed by atoms with E-state index in [9.17, 15) is 0 Å². The minimum absolute atomic E-state index is 0.114. The van der Waals surface area contributed by atoms with E-state index in [0.29, 0.717) is 5.92 Å². The SMILES string of the molecule is CC(C)C(N)c1nc2c(s1)CCCCCCCCCC2. The van der Waals surface area contributed by atoms with Gasteiger partial charge in [0.05, 0.1) is 11.7 Å². The van der Waals surface area contributed by atoms with Crippen LogP contribution >= 0.6 is 11.3 Å². The molecule has 0 saturated heterocycles. The van der Waals surface area contributed by atoms with Crippen molar-refractivity contribution in [3.63, 3.8) is 0 Å². The number of nitrogens with two attached hydrogens (primary N) is 1. The molecular formula is C17H30N2S. The highest BCUT2D eigenvalue weighted by molar-refractivity contribution is 7.11. The number of aryl methyl sites for hydroxylation is 2. The predicted octanol–water partition coefficient (Wildman–Crippen LogP) is 5.02. The molecular weight excluding hydrogens is 264 g/mol. The second-order valence-electron chi connectivity index (χ2n) is 6.52. The molecule has 2 nitrogen and oxygen atoms in total. The van der Waals surface area contributed by atoms with E-state index in [-0.39, 0.29) is 6.04 Å². The number of hydrogen-bond donors (Lipinski definition) is 1. The standard InChI is InChI=1S/C17H30N2S/c1-13(2)16(18)17-19-14-11-9-7-5-3-4-6-8-10-12-15(14)20-17/h13,16H,3-12,18H2,1-2H3. The lowest BCUT2D eigenvalue weighted by molar-refractivity contribution is 0.510. The van der Waals surface area contributed by atoms with Crippen LogP contribution in [0.15, 0.2) is 0 Å². The van der Waals surface area contributed by atoms with E-state index < -0.39 is 0 Å². The van der Waals surface area contributed by atoms with Crippen LogP contribution in [0.25, 0.3) is 0 Å². The summed E-state index contributed by atoms with van der Waals surface area (Å²) in [5.41, 5.74) is 7.65. The van der Waals surface area contributed by atoms with Gasteiger partial charge in [-0.25, -0.2) is 4.98 Å². The molecule has 1 aliphatic carbocycles. The molecule has 0 amide bonds. The van der Waals surface area contributed by atoms with E-state index in [1.807, 2.05) is 11.3 Å². The number of hydrogen-bond acceptors (Lipinski definition) is 3. The molecule has 20 heavy (non-hydrogen) atoms. The molecule has 1 aliphatic rings. The average molecular weight is 295 g/mol. The Morgan fingerprint density at radius 3 is 2.05 bits per heavy atom. The molecule has 0 spiro atoms. The summed E-state index contributed by atoms with van der Waals surface area (Å²) in [6, 6.07) is 0.114. The van der Waals surface area contributed by atoms with Gasteiger partial charge in [-0.15, -0.1) is 11.3 Å². The second-order valence-corrected chi connectivity index (χ2v) is 7.64. The molecule has 3 heteroatoms. The van der Waals surface area contributed by atoms with Gasteiger partial charge in [-0.2, -0.15) is 0 Å². The summed E-state index contributed by atoms with van der Waals surface area (Å²) in [7, 11) is 0. The molecule has 1 aromatic heterocycles. The van der Waals surface area contributed by atoms with E-state index in [4.69, 9.17) is 10.7 Å². The fourth-order valence-electron chi connectivity index (χ4n) is 2.86. The van der Waals surface area contributed by atoms with Crippen molar-refractivity contribution in [3.8, 4) is 0 Å². The Balaban J connectivity index is 2.08. The molecule has 0 aromatic carbocycles. The lowest BCUT2D eigenvalue weighted by Crippen LogP contribution is -2.16. The Bertz CT molecular complexity index is 368. The Morgan fingerprint density at radius 1 is 0.900 bits per heavy atom. The Labute approximate surface area is 128 Å². The summed E-state index contributed by atoms with van der Waals surface area (Å²) in [6.07, 6.45) is 13.4. The van der Waals surface area contributed by atoms with Crippen LogP contribution in [0.3, 0.4) is 0 Å². The highest BCUT2D eigenvalue weighted by Crippen LogP contribution is 2.29. The largest absolute Gasteiger partial charge is 0.322 e. The fourth-order valence-corrected chi connectivity index (χ4v) is 4.19. The lowest BCUT2D eigenvalue weighted by atomic mass is 10.0. The van der Waals surface area contributed by atoms with Crippen LogP contribution in [0.2, 0.25) is 0 Å². The number of nitrogens with zero attached hydrogens (tertiary/aromatic N) is 1.